The lowest BCUT2D eigenvalue weighted by atomic mass is 10.4. The fraction of sp³-hybridized carbons (Fsp3) is 0.444. The second kappa shape index (κ2) is 2.22. The van der Waals surface area contributed by atoms with Crippen molar-refractivity contribution in [2.75, 3.05) is 4.90 Å². The molecule has 0 unspecified atom stereocenters. The van der Waals surface area contributed by atoms with Crippen LogP contribution in [0.1, 0.15) is 13.8 Å². The molecular formula is C9H12N2. The van der Waals surface area contributed by atoms with Crippen LogP contribution in [0.2, 0.25) is 0 Å². The van der Waals surface area contributed by atoms with Crippen molar-refractivity contribution in [2.45, 2.75) is 25.9 Å². The summed E-state index contributed by atoms with van der Waals surface area (Å²) in [6.07, 6.45) is 3.68. The van der Waals surface area contributed by atoms with E-state index in [9.17, 15) is 0 Å². The molecule has 2 rings (SSSR count). The van der Waals surface area contributed by atoms with Crippen molar-refractivity contribution in [1.29, 1.82) is 0 Å². The van der Waals surface area contributed by atoms with Crippen molar-refractivity contribution in [3.8, 4) is 0 Å². The first-order valence-electron chi connectivity index (χ1n) is 3.99. The summed E-state index contributed by atoms with van der Waals surface area (Å²) in [5, 5.41) is 0. The molecule has 1 saturated heterocycles. The largest absolute Gasteiger partial charge is 0.362 e. The first kappa shape index (κ1) is 6.65. The van der Waals surface area contributed by atoms with Crippen LogP contribution in [0.25, 0.3) is 0 Å². The van der Waals surface area contributed by atoms with Gasteiger partial charge in [-0.15, -0.1) is 0 Å². The van der Waals surface area contributed by atoms with Crippen LogP contribution in [-0.2, 0) is 0 Å². The smallest absolute Gasteiger partial charge is 0.0466 e. The molecule has 2 heteroatoms. The Kier molecular flexibility index (Phi) is 1.34. The first-order valence-corrected chi connectivity index (χ1v) is 3.99. The number of hydrogen-bond donors (Lipinski definition) is 0. The molecule has 1 aromatic heterocycles. The van der Waals surface area contributed by atoms with Gasteiger partial charge >= 0.3 is 0 Å². The molecule has 2 nitrogen and oxygen atoms in total. The number of rotatable bonds is 1. The Labute approximate surface area is 66.9 Å². The van der Waals surface area contributed by atoms with E-state index in [0.29, 0.717) is 12.1 Å². The zero-order chi connectivity index (χ0) is 7.84. The van der Waals surface area contributed by atoms with E-state index in [0.717, 1.165) is 0 Å². The van der Waals surface area contributed by atoms with Gasteiger partial charge in [-0.05, 0) is 26.0 Å². The minimum Gasteiger partial charge on any atom is -0.362 e. The highest BCUT2D eigenvalue weighted by Gasteiger charge is 2.39. The van der Waals surface area contributed by atoms with Crippen LogP contribution in [-0.4, -0.2) is 17.1 Å². The van der Waals surface area contributed by atoms with Gasteiger partial charge in [0.05, 0.1) is 0 Å². The van der Waals surface area contributed by atoms with E-state index in [2.05, 4.69) is 35.9 Å². The molecular weight excluding hydrogens is 136 g/mol. The third-order valence-electron chi connectivity index (χ3n) is 2.45. The molecule has 0 spiro atoms. The van der Waals surface area contributed by atoms with Crippen LogP contribution in [0.5, 0.6) is 0 Å². The van der Waals surface area contributed by atoms with Crippen molar-refractivity contribution < 1.29 is 0 Å². The Bertz CT molecular complexity index is 237. The summed E-state index contributed by atoms with van der Waals surface area (Å²) in [7, 11) is 0. The van der Waals surface area contributed by atoms with Gasteiger partial charge in [0.2, 0.25) is 0 Å². The van der Waals surface area contributed by atoms with E-state index in [1.54, 1.807) is 0 Å². The van der Waals surface area contributed by atoms with Crippen LogP contribution in [0, 0.1) is 0 Å². The lowest BCUT2D eigenvalue weighted by molar-refractivity contribution is 1.05. The number of hydrogen-bond acceptors (Lipinski definition) is 2. The van der Waals surface area contributed by atoms with Crippen molar-refractivity contribution in [1.82, 2.24) is 4.98 Å². The standard InChI is InChI=1S/C9H12N2/c1-7-8(2)11(7)9-3-5-10-6-4-9/h3-8H,1-2H3/t7-,8+,11?. The van der Waals surface area contributed by atoms with E-state index in [-0.39, 0.29) is 0 Å². The first-order chi connectivity index (χ1) is 5.30. The lowest BCUT2D eigenvalue weighted by Gasteiger charge is -2.01. The molecule has 0 bridgehead atoms. The van der Waals surface area contributed by atoms with E-state index < -0.39 is 0 Å². The molecule has 0 amide bonds. The van der Waals surface area contributed by atoms with Crippen molar-refractivity contribution >= 4 is 5.69 Å². The van der Waals surface area contributed by atoms with Crippen LogP contribution < -0.4 is 4.90 Å². The van der Waals surface area contributed by atoms with Gasteiger partial charge < -0.3 is 4.90 Å². The van der Waals surface area contributed by atoms with Crippen LogP contribution >= 0.6 is 0 Å². The van der Waals surface area contributed by atoms with Crippen LogP contribution in [0.4, 0.5) is 5.69 Å². The maximum absolute atomic E-state index is 3.98. The summed E-state index contributed by atoms with van der Waals surface area (Å²) >= 11 is 0. The minimum absolute atomic E-state index is 0.706. The van der Waals surface area contributed by atoms with E-state index in [1.165, 1.54) is 5.69 Å². The Hall–Kier alpha value is -1.05. The number of anilines is 1. The summed E-state index contributed by atoms with van der Waals surface area (Å²) in [5.41, 5.74) is 1.29. The molecule has 58 valence electrons. The SMILES string of the molecule is C[C@@H]1[C@H](C)N1c1ccncc1. The molecule has 1 aliphatic rings. The Morgan fingerprint density at radius 3 is 2.18 bits per heavy atom. The highest BCUT2D eigenvalue weighted by Crippen LogP contribution is 2.33. The zero-order valence-corrected chi connectivity index (χ0v) is 6.86. The molecule has 0 N–H and O–H groups in total. The van der Waals surface area contributed by atoms with E-state index in [4.69, 9.17) is 0 Å². The summed E-state index contributed by atoms with van der Waals surface area (Å²) in [6.45, 7) is 4.48. The zero-order valence-electron chi connectivity index (χ0n) is 6.86. The quantitative estimate of drug-likeness (QED) is 0.563. The van der Waals surface area contributed by atoms with Gasteiger partial charge in [0.15, 0.2) is 0 Å². The fourth-order valence-electron chi connectivity index (χ4n) is 1.49. The normalized spacial score (nSPS) is 28.7. The monoisotopic (exact) mass is 148 g/mol. The second-order valence-corrected chi connectivity index (χ2v) is 3.09. The van der Waals surface area contributed by atoms with Gasteiger partial charge in [0, 0.05) is 30.2 Å². The molecule has 0 aromatic carbocycles. The average Bonchev–Trinajstić information content (AvgIpc) is 2.62. The van der Waals surface area contributed by atoms with Crippen LogP contribution in [0.3, 0.4) is 0 Å². The Morgan fingerprint density at radius 1 is 1.18 bits per heavy atom. The Morgan fingerprint density at radius 2 is 1.73 bits per heavy atom. The number of nitrogens with zero attached hydrogens (tertiary/aromatic N) is 2. The van der Waals surface area contributed by atoms with E-state index in [1.807, 2.05) is 12.4 Å². The number of pyridine rings is 1. The summed E-state index contributed by atoms with van der Waals surface area (Å²) in [5.74, 6) is 0. The minimum atomic E-state index is 0.706. The second-order valence-electron chi connectivity index (χ2n) is 3.09. The van der Waals surface area contributed by atoms with E-state index >= 15 is 0 Å². The van der Waals surface area contributed by atoms with Gasteiger partial charge in [-0.2, -0.15) is 0 Å². The van der Waals surface area contributed by atoms with Crippen molar-refractivity contribution in [3.63, 3.8) is 0 Å². The summed E-state index contributed by atoms with van der Waals surface area (Å²) < 4.78 is 0. The van der Waals surface area contributed by atoms with Gasteiger partial charge in [0.1, 0.15) is 0 Å². The molecule has 1 aliphatic heterocycles. The van der Waals surface area contributed by atoms with Gasteiger partial charge in [-0.3, -0.25) is 4.98 Å². The number of aromatic nitrogens is 1. The molecule has 11 heavy (non-hydrogen) atoms. The summed E-state index contributed by atoms with van der Waals surface area (Å²) in [6, 6.07) is 5.52. The maximum Gasteiger partial charge on any atom is 0.0466 e. The fourth-order valence-corrected chi connectivity index (χ4v) is 1.49. The third kappa shape index (κ3) is 0.985. The molecule has 2 atom stereocenters. The molecule has 2 heterocycles. The molecule has 1 aromatic rings. The van der Waals surface area contributed by atoms with Gasteiger partial charge in [-0.1, -0.05) is 0 Å². The van der Waals surface area contributed by atoms with Crippen molar-refractivity contribution in [3.05, 3.63) is 24.5 Å². The predicted octanol–water partition coefficient (Wildman–Crippen LogP) is 1.68. The highest BCUT2D eigenvalue weighted by molar-refractivity contribution is 5.54. The van der Waals surface area contributed by atoms with Crippen LogP contribution in [0.15, 0.2) is 24.5 Å². The predicted molar refractivity (Wildman–Crippen MR) is 45.6 cm³/mol. The Balaban J connectivity index is 2.20. The molecule has 1 fully saturated rings. The third-order valence-corrected chi connectivity index (χ3v) is 2.45. The topological polar surface area (TPSA) is 15.9 Å². The molecule has 0 aliphatic carbocycles. The lowest BCUT2D eigenvalue weighted by Crippen LogP contribution is -1.96. The molecule has 0 saturated carbocycles. The van der Waals surface area contributed by atoms with Crippen molar-refractivity contribution in [2.24, 2.45) is 0 Å². The van der Waals surface area contributed by atoms with Gasteiger partial charge in [0.25, 0.3) is 0 Å². The van der Waals surface area contributed by atoms with Gasteiger partial charge in [-0.25, -0.2) is 0 Å². The summed E-state index contributed by atoms with van der Waals surface area (Å²) in [4.78, 5) is 6.36. The molecule has 0 radical (unpaired) electrons. The highest BCUT2D eigenvalue weighted by atomic mass is 15.3. The maximum atomic E-state index is 3.98. The average molecular weight is 148 g/mol.